The maximum atomic E-state index is 8.76. The zero-order valence-corrected chi connectivity index (χ0v) is 9.62. The third kappa shape index (κ3) is 4.03. The molecule has 0 unspecified atom stereocenters. The fourth-order valence-corrected chi connectivity index (χ4v) is 1.73. The Morgan fingerprint density at radius 2 is 2.07 bits per heavy atom. The van der Waals surface area contributed by atoms with E-state index in [4.69, 9.17) is 5.26 Å². The van der Waals surface area contributed by atoms with Gasteiger partial charge in [-0.3, -0.25) is 0 Å². The quantitative estimate of drug-likeness (QED) is 0.812. The van der Waals surface area contributed by atoms with E-state index in [1.54, 1.807) is 0 Å². The van der Waals surface area contributed by atoms with Crippen LogP contribution in [0.15, 0.2) is 24.3 Å². The number of hydrogen-bond donors (Lipinski definition) is 1. The van der Waals surface area contributed by atoms with Crippen LogP contribution in [0.4, 0.5) is 5.69 Å². The van der Waals surface area contributed by atoms with E-state index in [0.717, 1.165) is 12.1 Å². The van der Waals surface area contributed by atoms with Gasteiger partial charge in [-0.05, 0) is 37.5 Å². The molecule has 0 saturated carbocycles. The van der Waals surface area contributed by atoms with E-state index in [0.29, 0.717) is 17.5 Å². The van der Waals surface area contributed by atoms with Gasteiger partial charge in [0.25, 0.3) is 0 Å². The maximum absolute atomic E-state index is 8.76. The predicted octanol–water partition coefficient (Wildman–Crippen LogP) is 3.40. The van der Waals surface area contributed by atoms with Crippen molar-refractivity contribution in [3.05, 3.63) is 29.8 Å². The number of rotatable bonds is 4. The molecule has 0 aliphatic carbocycles. The largest absolute Gasteiger partial charge is 0.383 e. The van der Waals surface area contributed by atoms with Crippen molar-refractivity contribution in [2.45, 2.75) is 33.2 Å². The van der Waals surface area contributed by atoms with Gasteiger partial charge in [0.1, 0.15) is 0 Å². The van der Waals surface area contributed by atoms with Crippen LogP contribution in [0.1, 0.15) is 32.8 Å². The molecule has 0 amide bonds. The summed E-state index contributed by atoms with van der Waals surface area (Å²) in [6, 6.07) is 10.2. The highest BCUT2D eigenvalue weighted by Crippen LogP contribution is 2.14. The first-order chi connectivity index (χ1) is 7.11. The summed E-state index contributed by atoms with van der Waals surface area (Å²) in [6.07, 6.45) is 1.14. The number of benzene rings is 1. The van der Waals surface area contributed by atoms with E-state index in [2.05, 4.69) is 32.2 Å². The van der Waals surface area contributed by atoms with Crippen LogP contribution in [0.2, 0.25) is 0 Å². The molecule has 1 N–H and O–H groups in total. The van der Waals surface area contributed by atoms with E-state index < -0.39 is 0 Å². The van der Waals surface area contributed by atoms with Crippen molar-refractivity contribution in [2.75, 3.05) is 5.32 Å². The molecule has 15 heavy (non-hydrogen) atoms. The summed E-state index contributed by atoms with van der Waals surface area (Å²) < 4.78 is 0. The molecule has 0 aliphatic heterocycles. The van der Waals surface area contributed by atoms with Gasteiger partial charge in [-0.2, -0.15) is 5.26 Å². The standard InChI is InChI=1S/C13H18N2/c1-10(2)7-11(3)15-13-6-4-5-12(8-13)9-14/h4-6,8,10-11,15H,7H2,1-3H3/t11-/m0/s1. The lowest BCUT2D eigenvalue weighted by atomic mass is 10.0. The van der Waals surface area contributed by atoms with Gasteiger partial charge >= 0.3 is 0 Å². The summed E-state index contributed by atoms with van der Waals surface area (Å²) in [5.41, 5.74) is 1.74. The molecule has 1 aromatic carbocycles. The first kappa shape index (κ1) is 11.6. The van der Waals surface area contributed by atoms with Gasteiger partial charge in [-0.1, -0.05) is 19.9 Å². The third-order valence-corrected chi connectivity index (χ3v) is 2.23. The van der Waals surface area contributed by atoms with Gasteiger partial charge in [-0.25, -0.2) is 0 Å². The Kier molecular flexibility index (Phi) is 4.17. The molecule has 0 radical (unpaired) electrons. The zero-order valence-electron chi connectivity index (χ0n) is 9.62. The molecule has 1 rings (SSSR count). The van der Waals surface area contributed by atoms with Crippen LogP contribution >= 0.6 is 0 Å². The van der Waals surface area contributed by atoms with E-state index in [1.165, 1.54) is 0 Å². The molecular formula is C13H18N2. The van der Waals surface area contributed by atoms with Crippen LogP contribution in [0.25, 0.3) is 0 Å². The normalized spacial score (nSPS) is 12.2. The van der Waals surface area contributed by atoms with Crippen molar-refractivity contribution in [1.82, 2.24) is 0 Å². The average molecular weight is 202 g/mol. The monoisotopic (exact) mass is 202 g/mol. The van der Waals surface area contributed by atoms with Crippen molar-refractivity contribution in [3.63, 3.8) is 0 Å². The Morgan fingerprint density at radius 1 is 1.33 bits per heavy atom. The molecule has 0 bridgehead atoms. The smallest absolute Gasteiger partial charge is 0.0992 e. The minimum atomic E-state index is 0.443. The van der Waals surface area contributed by atoms with Crippen molar-refractivity contribution in [3.8, 4) is 6.07 Å². The summed E-state index contributed by atoms with van der Waals surface area (Å²) in [4.78, 5) is 0. The van der Waals surface area contributed by atoms with E-state index in [1.807, 2.05) is 24.3 Å². The van der Waals surface area contributed by atoms with Crippen LogP contribution in [0.5, 0.6) is 0 Å². The fourth-order valence-electron chi connectivity index (χ4n) is 1.73. The topological polar surface area (TPSA) is 35.8 Å². The van der Waals surface area contributed by atoms with E-state index in [-0.39, 0.29) is 0 Å². The minimum Gasteiger partial charge on any atom is -0.383 e. The van der Waals surface area contributed by atoms with Gasteiger partial charge in [0.15, 0.2) is 0 Å². The van der Waals surface area contributed by atoms with Gasteiger partial charge in [0.05, 0.1) is 11.6 Å². The lowest BCUT2D eigenvalue weighted by Gasteiger charge is -2.17. The number of nitrogens with zero attached hydrogens (tertiary/aromatic N) is 1. The van der Waals surface area contributed by atoms with Gasteiger partial charge in [0.2, 0.25) is 0 Å². The first-order valence-corrected chi connectivity index (χ1v) is 5.38. The van der Waals surface area contributed by atoms with Crippen LogP contribution < -0.4 is 5.32 Å². The molecule has 0 saturated heterocycles. The number of anilines is 1. The highest BCUT2D eigenvalue weighted by molar-refractivity contribution is 5.49. The SMILES string of the molecule is CC(C)C[C@H](C)Nc1cccc(C#N)c1. The summed E-state index contributed by atoms with van der Waals surface area (Å²) in [7, 11) is 0. The fraction of sp³-hybridized carbons (Fsp3) is 0.462. The molecule has 2 heteroatoms. The van der Waals surface area contributed by atoms with Crippen LogP contribution in [-0.2, 0) is 0 Å². The highest BCUT2D eigenvalue weighted by atomic mass is 14.9. The molecular weight excluding hydrogens is 184 g/mol. The Labute approximate surface area is 91.9 Å². The number of nitriles is 1. The van der Waals surface area contributed by atoms with Crippen molar-refractivity contribution in [2.24, 2.45) is 5.92 Å². The second-order valence-electron chi connectivity index (χ2n) is 4.37. The second kappa shape index (κ2) is 5.41. The molecule has 2 nitrogen and oxygen atoms in total. The molecule has 0 aromatic heterocycles. The minimum absolute atomic E-state index is 0.443. The molecule has 0 fully saturated rings. The predicted molar refractivity (Wildman–Crippen MR) is 63.7 cm³/mol. The molecule has 1 atom stereocenters. The van der Waals surface area contributed by atoms with E-state index in [9.17, 15) is 0 Å². The number of nitrogens with one attached hydrogen (secondary N) is 1. The second-order valence-corrected chi connectivity index (χ2v) is 4.37. The van der Waals surface area contributed by atoms with Crippen LogP contribution in [0, 0.1) is 17.2 Å². The Hall–Kier alpha value is -1.49. The number of hydrogen-bond acceptors (Lipinski definition) is 2. The zero-order chi connectivity index (χ0) is 11.3. The van der Waals surface area contributed by atoms with E-state index >= 15 is 0 Å². The van der Waals surface area contributed by atoms with Crippen LogP contribution in [-0.4, -0.2) is 6.04 Å². The van der Waals surface area contributed by atoms with Gasteiger partial charge < -0.3 is 5.32 Å². The molecule has 0 heterocycles. The summed E-state index contributed by atoms with van der Waals surface area (Å²) in [5.74, 6) is 0.687. The lowest BCUT2D eigenvalue weighted by Crippen LogP contribution is -2.17. The maximum Gasteiger partial charge on any atom is 0.0992 e. The first-order valence-electron chi connectivity index (χ1n) is 5.38. The van der Waals surface area contributed by atoms with Crippen LogP contribution in [0.3, 0.4) is 0 Å². The summed E-state index contributed by atoms with van der Waals surface area (Å²) in [6.45, 7) is 6.59. The Balaban J connectivity index is 2.60. The molecule has 0 spiro atoms. The van der Waals surface area contributed by atoms with Crippen molar-refractivity contribution >= 4 is 5.69 Å². The Bertz CT molecular complexity index is 350. The van der Waals surface area contributed by atoms with Gasteiger partial charge in [-0.15, -0.1) is 0 Å². The molecule has 0 aliphatic rings. The third-order valence-electron chi connectivity index (χ3n) is 2.23. The van der Waals surface area contributed by atoms with Crippen molar-refractivity contribution < 1.29 is 0 Å². The summed E-state index contributed by atoms with van der Waals surface area (Å²) >= 11 is 0. The highest BCUT2D eigenvalue weighted by Gasteiger charge is 2.04. The van der Waals surface area contributed by atoms with Gasteiger partial charge in [0, 0.05) is 11.7 Å². The lowest BCUT2D eigenvalue weighted by molar-refractivity contribution is 0.540. The Morgan fingerprint density at radius 3 is 2.67 bits per heavy atom. The average Bonchev–Trinajstić information content (AvgIpc) is 2.16. The molecule has 80 valence electrons. The van der Waals surface area contributed by atoms with Crippen molar-refractivity contribution in [1.29, 1.82) is 5.26 Å². The summed E-state index contributed by atoms with van der Waals surface area (Å²) in [5, 5.41) is 12.2. The molecule has 1 aromatic rings.